The van der Waals surface area contributed by atoms with Gasteiger partial charge in [0.2, 0.25) is 0 Å². The summed E-state index contributed by atoms with van der Waals surface area (Å²) in [6.45, 7) is 2.68. The van der Waals surface area contributed by atoms with Crippen LogP contribution in [0.2, 0.25) is 10.0 Å². The molecule has 0 saturated heterocycles. The van der Waals surface area contributed by atoms with Crippen LogP contribution in [0.4, 0.5) is 5.69 Å². The molecule has 1 aliphatic carbocycles. The highest BCUT2D eigenvalue weighted by Gasteiger charge is 2.32. The van der Waals surface area contributed by atoms with E-state index in [2.05, 4.69) is 0 Å². The van der Waals surface area contributed by atoms with Gasteiger partial charge in [-0.15, -0.1) is 0 Å². The van der Waals surface area contributed by atoms with Crippen molar-refractivity contribution < 1.29 is 0 Å². The van der Waals surface area contributed by atoms with Crippen molar-refractivity contribution in [3.8, 4) is 5.69 Å². The molecule has 4 nitrogen and oxygen atoms in total. The average Bonchev–Trinajstić information content (AvgIpc) is 3.22. The van der Waals surface area contributed by atoms with Gasteiger partial charge in [0, 0.05) is 12.5 Å². The molecule has 0 atom stereocenters. The molecule has 0 amide bonds. The molecule has 0 spiro atoms. The molecule has 0 bridgehead atoms. The Bertz CT molecular complexity index is 729. The Labute approximate surface area is 126 Å². The van der Waals surface area contributed by atoms with E-state index in [1.807, 2.05) is 11.6 Å². The van der Waals surface area contributed by atoms with E-state index >= 15 is 0 Å². The van der Waals surface area contributed by atoms with Gasteiger partial charge in [-0.05, 0) is 38.0 Å². The summed E-state index contributed by atoms with van der Waals surface area (Å²) in [5, 5.41) is 0.889. The molecule has 1 heterocycles. The Kier molecular flexibility index (Phi) is 3.30. The number of benzene rings is 1. The van der Waals surface area contributed by atoms with Gasteiger partial charge < -0.3 is 5.73 Å². The van der Waals surface area contributed by atoms with Crippen LogP contribution < -0.4 is 11.3 Å². The number of halogens is 2. The molecule has 1 aliphatic rings. The third kappa shape index (κ3) is 2.03. The van der Waals surface area contributed by atoms with Gasteiger partial charge >= 0.3 is 0 Å². The zero-order valence-corrected chi connectivity index (χ0v) is 12.6. The Balaban J connectivity index is 2.25. The fourth-order valence-electron chi connectivity index (χ4n) is 2.55. The van der Waals surface area contributed by atoms with Crippen molar-refractivity contribution >= 4 is 28.9 Å². The van der Waals surface area contributed by atoms with Crippen molar-refractivity contribution in [1.82, 2.24) is 9.36 Å². The van der Waals surface area contributed by atoms with Crippen molar-refractivity contribution in [2.24, 2.45) is 0 Å². The highest BCUT2D eigenvalue weighted by Crippen LogP contribution is 2.42. The van der Waals surface area contributed by atoms with Crippen molar-refractivity contribution in [2.75, 3.05) is 5.73 Å². The smallest absolute Gasteiger partial charge is 0.294 e. The number of aromatic nitrogens is 2. The lowest BCUT2D eigenvalue weighted by molar-refractivity contribution is 0.549. The van der Waals surface area contributed by atoms with Crippen molar-refractivity contribution in [1.29, 1.82) is 0 Å². The third-order valence-electron chi connectivity index (χ3n) is 3.63. The predicted octanol–water partition coefficient (Wildman–Crippen LogP) is 3.43. The van der Waals surface area contributed by atoms with Crippen molar-refractivity contribution in [3.63, 3.8) is 0 Å². The molecule has 3 rings (SSSR count). The fraction of sp³-hybridized carbons (Fsp3) is 0.357. The molecule has 1 saturated carbocycles. The van der Waals surface area contributed by atoms with Gasteiger partial charge in [-0.2, -0.15) is 0 Å². The van der Waals surface area contributed by atoms with Gasteiger partial charge in [0.15, 0.2) is 0 Å². The normalized spacial score (nSPS) is 14.8. The van der Waals surface area contributed by atoms with Crippen LogP contribution >= 0.6 is 23.2 Å². The molecule has 0 aliphatic heterocycles. The first kappa shape index (κ1) is 13.6. The van der Waals surface area contributed by atoms with E-state index < -0.39 is 0 Å². The van der Waals surface area contributed by atoms with Gasteiger partial charge in [-0.3, -0.25) is 9.48 Å². The SMILES string of the molecule is CCn1c(C2CC2)c(N)c(=O)n1-c1ccc(Cl)c(Cl)c1. The Morgan fingerprint density at radius 3 is 2.55 bits per heavy atom. The highest BCUT2D eigenvalue weighted by atomic mass is 35.5. The van der Waals surface area contributed by atoms with Crippen LogP contribution in [0.1, 0.15) is 31.4 Å². The number of anilines is 1. The summed E-state index contributed by atoms with van der Waals surface area (Å²) in [4.78, 5) is 12.4. The van der Waals surface area contributed by atoms with Crippen LogP contribution in [0.3, 0.4) is 0 Å². The largest absolute Gasteiger partial charge is 0.393 e. The lowest BCUT2D eigenvalue weighted by Gasteiger charge is -2.13. The Hall–Kier alpha value is -1.39. The van der Waals surface area contributed by atoms with Crippen molar-refractivity contribution in [2.45, 2.75) is 32.2 Å². The molecule has 1 aromatic carbocycles. The summed E-state index contributed by atoms with van der Waals surface area (Å²) in [7, 11) is 0. The molecule has 6 heteroatoms. The molecule has 1 aromatic heterocycles. The standard InChI is InChI=1S/C14H15Cl2N3O/c1-2-18-13(8-3-4-8)12(17)14(20)19(18)9-5-6-10(15)11(16)7-9/h5-8H,2-4,17H2,1H3. The maximum atomic E-state index is 12.4. The predicted molar refractivity (Wildman–Crippen MR) is 82.1 cm³/mol. The molecule has 0 unspecified atom stereocenters. The van der Waals surface area contributed by atoms with Crippen LogP contribution in [0.25, 0.3) is 5.69 Å². The van der Waals surface area contributed by atoms with E-state index in [4.69, 9.17) is 28.9 Å². The first-order chi connectivity index (χ1) is 9.54. The molecular weight excluding hydrogens is 297 g/mol. The number of nitrogens with two attached hydrogens (primary N) is 1. The second kappa shape index (κ2) is 4.86. The van der Waals surface area contributed by atoms with Crippen molar-refractivity contribution in [3.05, 3.63) is 44.3 Å². The lowest BCUT2D eigenvalue weighted by atomic mass is 10.2. The van der Waals surface area contributed by atoms with E-state index in [0.29, 0.717) is 33.9 Å². The maximum Gasteiger partial charge on any atom is 0.294 e. The van der Waals surface area contributed by atoms with Crippen LogP contribution in [-0.4, -0.2) is 9.36 Å². The van der Waals surface area contributed by atoms with E-state index in [0.717, 1.165) is 18.5 Å². The van der Waals surface area contributed by atoms with Crippen LogP contribution in [-0.2, 0) is 6.54 Å². The summed E-state index contributed by atoms with van der Waals surface area (Å²) in [5.74, 6) is 0.409. The summed E-state index contributed by atoms with van der Waals surface area (Å²) < 4.78 is 3.53. The van der Waals surface area contributed by atoms with Crippen LogP contribution in [0.5, 0.6) is 0 Å². The van der Waals surface area contributed by atoms with E-state index in [-0.39, 0.29) is 5.56 Å². The molecule has 1 fully saturated rings. The molecule has 20 heavy (non-hydrogen) atoms. The summed E-state index contributed by atoms with van der Waals surface area (Å²) in [6, 6.07) is 5.15. The number of hydrogen-bond acceptors (Lipinski definition) is 2. The first-order valence-electron chi connectivity index (χ1n) is 6.61. The fourth-order valence-corrected chi connectivity index (χ4v) is 2.85. The Morgan fingerprint density at radius 1 is 1.30 bits per heavy atom. The number of nitrogen functional groups attached to an aromatic ring is 1. The molecule has 2 aromatic rings. The third-order valence-corrected chi connectivity index (χ3v) is 4.37. The molecule has 0 radical (unpaired) electrons. The topological polar surface area (TPSA) is 52.9 Å². The van der Waals surface area contributed by atoms with Gasteiger partial charge in [-0.25, -0.2) is 4.68 Å². The highest BCUT2D eigenvalue weighted by molar-refractivity contribution is 6.42. The molecular formula is C14H15Cl2N3O. The summed E-state index contributed by atoms with van der Waals surface area (Å²) >= 11 is 12.0. The second-order valence-electron chi connectivity index (χ2n) is 5.00. The van der Waals surface area contributed by atoms with E-state index in [9.17, 15) is 4.79 Å². The van der Waals surface area contributed by atoms with Gasteiger partial charge in [0.05, 0.1) is 21.4 Å². The minimum Gasteiger partial charge on any atom is -0.393 e. The monoisotopic (exact) mass is 311 g/mol. The minimum absolute atomic E-state index is 0.188. The van der Waals surface area contributed by atoms with E-state index in [1.54, 1.807) is 22.9 Å². The van der Waals surface area contributed by atoms with E-state index in [1.165, 1.54) is 0 Å². The van der Waals surface area contributed by atoms with Gasteiger partial charge in [0.25, 0.3) is 5.56 Å². The van der Waals surface area contributed by atoms with Gasteiger partial charge in [0.1, 0.15) is 5.69 Å². The average molecular weight is 312 g/mol. The van der Waals surface area contributed by atoms with Gasteiger partial charge in [-0.1, -0.05) is 23.2 Å². The summed E-state index contributed by atoms with van der Waals surface area (Å²) in [6.07, 6.45) is 2.18. The number of rotatable bonds is 3. The second-order valence-corrected chi connectivity index (χ2v) is 5.82. The lowest BCUT2D eigenvalue weighted by Crippen LogP contribution is -2.22. The zero-order chi connectivity index (χ0) is 14.4. The van der Waals surface area contributed by atoms with Crippen LogP contribution in [0, 0.1) is 0 Å². The molecule has 2 N–H and O–H groups in total. The summed E-state index contributed by atoms with van der Waals surface area (Å²) in [5.41, 5.74) is 7.81. The number of hydrogen-bond donors (Lipinski definition) is 1. The number of nitrogens with zero attached hydrogens (tertiary/aromatic N) is 2. The Morgan fingerprint density at radius 2 is 2.00 bits per heavy atom. The quantitative estimate of drug-likeness (QED) is 0.944. The molecule has 106 valence electrons. The first-order valence-corrected chi connectivity index (χ1v) is 7.36. The zero-order valence-electron chi connectivity index (χ0n) is 11.1. The van der Waals surface area contributed by atoms with Crippen LogP contribution in [0.15, 0.2) is 23.0 Å². The minimum atomic E-state index is -0.188. The maximum absolute atomic E-state index is 12.4.